The minimum atomic E-state index is 0.863. The van der Waals surface area contributed by atoms with E-state index in [9.17, 15) is 0 Å². The Morgan fingerprint density at radius 3 is 2.00 bits per heavy atom. The molecule has 0 amide bonds. The highest BCUT2D eigenvalue weighted by atomic mass is 14.7. The third-order valence-electron chi connectivity index (χ3n) is 6.77. The Bertz CT molecular complexity index is 269. The van der Waals surface area contributed by atoms with Gasteiger partial charge in [0.2, 0.25) is 0 Å². The fourth-order valence-electron chi connectivity index (χ4n) is 5.38. The molecule has 6 unspecified atom stereocenters. The molecule has 4 aliphatic carbocycles. The zero-order chi connectivity index (χ0) is 9.34. The van der Waals surface area contributed by atoms with Gasteiger partial charge in [-0.05, 0) is 80.0 Å². The molecule has 6 atom stereocenters. The van der Waals surface area contributed by atoms with Gasteiger partial charge in [0.1, 0.15) is 0 Å². The molecule has 4 saturated carbocycles. The first-order valence-electron chi connectivity index (χ1n) is 6.80. The SMILES string of the molecule is CC1CCC12CCC1C3CCC3C1C2. The van der Waals surface area contributed by atoms with E-state index in [4.69, 9.17) is 0 Å². The van der Waals surface area contributed by atoms with Crippen LogP contribution in [0, 0.1) is 35.0 Å². The van der Waals surface area contributed by atoms with E-state index in [1.165, 1.54) is 30.1 Å². The summed E-state index contributed by atoms with van der Waals surface area (Å²) in [7, 11) is 0. The van der Waals surface area contributed by atoms with Crippen LogP contribution in [0.5, 0.6) is 0 Å². The fourth-order valence-corrected chi connectivity index (χ4v) is 5.38. The van der Waals surface area contributed by atoms with Crippen molar-refractivity contribution < 1.29 is 0 Å². The first-order valence-corrected chi connectivity index (χ1v) is 6.80. The lowest BCUT2D eigenvalue weighted by atomic mass is 9.38. The summed E-state index contributed by atoms with van der Waals surface area (Å²) in [5, 5.41) is 0. The molecule has 0 aromatic rings. The molecular formula is C14H22. The van der Waals surface area contributed by atoms with E-state index in [2.05, 4.69) is 6.92 Å². The largest absolute Gasteiger partial charge is 0.0620 e. The van der Waals surface area contributed by atoms with Crippen LogP contribution in [0.2, 0.25) is 0 Å². The van der Waals surface area contributed by atoms with Gasteiger partial charge in [0.05, 0.1) is 0 Å². The van der Waals surface area contributed by atoms with Crippen LogP contribution in [-0.2, 0) is 0 Å². The fraction of sp³-hybridized carbons (Fsp3) is 1.00. The van der Waals surface area contributed by atoms with E-state index < -0.39 is 0 Å². The Hall–Kier alpha value is 0. The van der Waals surface area contributed by atoms with Crippen LogP contribution in [0.1, 0.15) is 51.9 Å². The summed E-state index contributed by atoms with van der Waals surface area (Å²) in [5.74, 6) is 5.90. The molecule has 0 radical (unpaired) electrons. The molecule has 14 heavy (non-hydrogen) atoms. The molecule has 4 rings (SSSR count). The average molecular weight is 190 g/mol. The maximum Gasteiger partial charge on any atom is -0.0269 e. The number of rotatable bonds is 0. The molecule has 4 aliphatic rings. The molecule has 0 heteroatoms. The van der Waals surface area contributed by atoms with Gasteiger partial charge in [-0.25, -0.2) is 0 Å². The van der Waals surface area contributed by atoms with E-state index in [1.54, 1.807) is 38.5 Å². The second-order valence-electron chi connectivity index (χ2n) is 6.78. The summed E-state index contributed by atoms with van der Waals surface area (Å²) in [6.45, 7) is 2.51. The Balaban J connectivity index is 1.55. The predicted molar refractivity (Wildman–Crippen MR) is 57.9 cm³/mol. The highest BCUT2D eigenvalue weighted by Gasteiger charge is 2.61. The van der Waals surface area contributed by atoms with Crippen molar-refractivity contribution in [1.82, 2.24) is 0 Å². The zero-order valence-electron chi connectivity index (χ0n) is 9.34. The maximum absolute atomic E-state index is 2.51. The molecule has 0 saturated heterocycles. The normalized spacial score (nSPS) is 64.5. The van der Waals surface area contributed by atoms with Gasteiger partial charge in [-0.3, -0.25) is 0 Å². The standard InChI is InChI=1S/C14H22/c1-9-4-6-14(9)7-5-12-10-2-3-11(10)13(12)8-14/h9-13H,2-8H2,1H3. The van der Waals surface area contributed by atoms with Gasteiger partial charge in [-0.2, -0.15) is 0 Å². The molecule has 0 aromatic carbocycles. The Labute approximate surface area is 87.5 Å². The van der Waals surface area contributed by atoms with Crippen molar-refractivity contribution in [2.24, 2.45) is 35.0 Å². The van der Waals surface area contributed by atoms with Crippen molar-refractivity contribution in [3.05, 3.63) is 0 Å². The number of hydrogen-bond acceptors (Lipinski definition) is 0. The summed E-state index contributed by atoms with van der Waals surface area (Å²) in [5.41, 5.74) is 0.863. The van der Waals surface area contributed by atoms with E-state index in [0.717, 1.165) is 11.3 Å². The third kappa shape index (κ3) is 0.750. The van der Waals surface area contributed by atoms with Gasteiger partial charge in [-0.1, -0.05) is 6.92 Å². The van der Waals surface area contributed by atoms with E-state index >= 15 is 0 Å². The minimum absolute atomic E-state index is 0.863. The molecule has 0 aromatic heterocycles. The van der Waals surface area contributed by atoms with E-state index in [-0.39, 0.29) is 0 Å². The molecule has 4 fully saturated rings. The van der Waals surface area contributed by atoms with Gasteiger partial charge >= 0.3 is 0 Å². The van der Waals surface area contributed by atoms with Crippen LogP contribution in [0.4, 0.5) is 0 Å². The lowest BCUT2D eigenvalue weighted by Gasteiger charge is -2.67. The smallest absolute Gasteiger partial charge is 0.0269 e. The Kier molecular flexibility index (Phi) is 1.40. The van der Waals surface area contributed by atoms with E-state index in [1.807, 2.05) is 0 Å². The lowest BCUT2D eigenvalue weighted by molar-refractivity contribution is -0.178. The molecule has 0 nitrogen and oxygen atoms in total. The van der Waals surface area contributed by atoms with Crippen molar-refractivity contribution in [1.29, 1.82) is 0 Å². The topological polar surface area (TPSA) is 0 Å². The quantitative estimate of drug-likeness (QED) is 0.544. The Morgan fingerprint density at radius 1 is 0.786 bits per heavy atom. The number of hydrogen-bond donors (Lipinski definition) is 0. The predicted octanol–water partition coefficient (Wildman–Crippen LogP) is 3.86. The summed E-state index contributed by atoms with van der Waals surface area (Å²) in [6, 6.07) is 0. The molecule has 0 heterocycles. The second kappa shape index (κ2) is 2.39. The van der Waals surface area contributed by atoms with Crippen LogP contribution in [0.25, 0.3) is 0 Å². The molecule has 78 valence electrons. The highest BCUT2D eigenvalue weighted by molar-refractivity contribution is 5.10. The lowest BCUT2D eigenvalue weighted by Crippen LogP contribution is -2.59. The monoisotopic (exact) mass is 190 g/mol. The van der Waals surface area contributed by atoms with Crippen LogP contribution in [-0.4, -0.2) is 0 Å². The average Bonchev–Trinajstić information content (AvgIpc) is 2.16. The van der Waals surface area contributed by atoms with Gasteiger partial charge < -0.3 is 0 Å². The second-order valence-corrected chi connectivity index (χ2v) is 6.78. The minimum Gasteiger partial charge on any atom is -0.0620 e. The van der Waals surface area contributed by atoms with Crippen molar-refractivity contribution in [2.45, 2.75) is 51.9 Å². The summed E-state index contributed by atoms with van der Waals surface area (Å²) in [4.78, 5) is 0. The summed E-state index contributed by atoms with van der Waals surface area (Å²) in [6.07, 6.45) is 11.1. The first kappa shape index (κ1) is 8.19. The van der Waals surface area contributed by atoms with Gasteiger partial charge in [0.25, 0.3) is 0 Å². The zero-order valence-corrected chi connectivity index (χ0v) is 9.34. The van der Waals surface area contributed by atoms with Gasteiger partial charge in [0.15, 0.2) is 0 Å². The van der Waals surface area contributed by atoms with Crippen LogP contribution in [0.15, 0.2) is 0 Å². The van der Waals surface area contributed by atoms with E-state index in [0.29, 0.717) is 0 Å². The first-order chi connectivity index (χ1) is 6.80. The summed E-state index contributed by atoms with van der Waals surface area (Å²) < 4.78 is 0. The van der Waals surface area contributed by atoms with Gasteiger partial charge in [-0.15, -0.1) is 0 Å². The van der Waals surface area contributed by atoms with Crippen LogP contribution >= 0.6 is 0 Å². The summed E-state index contributed by atoms with van der Waals surface area (Å²) >= 11 is 0. The van der Waals surface area contributed by atoms with Crippen molar-refractivity contribution in [3.63, 3.8) is 0 Å². The molecule has 0 bridgehead atoms. The van der Waals surface area contributed by atoms with Crippen molar-refractivity contribution in [3.8, 4) is 0 Å². The molecule has 0 aliphatic heterocycles. The third-order valence-corrected chi connectivity index (χ3v) is 6.77. The molecule has 1 spiro atoms. The highest BCUT2D eigenvalue weighted by Crippen LogP contribution is 2.69. The molecular weight excluding hydrogens is 168 g/mol. The Morgan fingerprint density at radius 2 is 1.43 bits per heavy atom. The maximum atomic E-state index is 2.51. The van der Waals surface area contributed by atoms with Crippen LogP contribution < -0.4 is 0 Å². The molecule has 0 N–H and O–H groups in total. The van der Waals surface area contributed by atoms with Crippen molar-refractivity contribution >= 4 is 0 Å². The van der Waals surface area contributed by atoms with Gasteiger partial charge in [0, 0.05) is 0 Å². The van der Waals surface area contributed by atoms with Crippen molar-refractivity contribution in [2.75, 3.05) is 0 Å². The van der Waals surface area contributed by atoms with Crippen LogP contribution in [0.3, 0.4) is 0 Å². The number of fused-ring (bicyclic) bond motifs is 4.